The Morgan fingerprint density at radius 1 is 1.20 bits per heavy atom. The van der Waals surface area contributed by atoms with Gasteiger partial charge in [-0.2, -0.15) is 0 Å². The standard InChI is InChI=1S/C22H20N4O4/c1-22(21(28)26-15-6-7-18(29-2)25-12-15)11-17-16(8-9-24-20(17)30-22)13-4-3-5-14(10-13)19(23)27/h3-10,12H,11H2,1-2H3,(H2,23,27)(H,26,28). The van der Waals surface area contributed by atoms with Crippen molar-refractivity contribution in [2.24, 2.45) is 5.73 Å². The molecule has 4 rings (SSSR count). The van der Waals surface area contributed by atoms with Crippen LogP contribution in [0.4, 0.5) is 5.69 Å². The highest BCUT2D eigenvalue weighted by atomic mass is 16.5. The minimum atomic E-state index is -1.15. The van der Waals surface area contributed by atoms with Gasteiger partial charge < -0.3 is 20.5 Å². The number of nitrogens with zero attached hydrogens (tertiary/aromatic N) is 2. The van der Waals surface area contributed by atoms with Gasteiger partial charge in [-0.25, -0.2) is 9.97 Å². The topological polar surface area (TPSA) is 116 Å². The average Bonchev–Trinajstić information content (AvgIpc) is 3.12. The number of carbonyl (C=O) groups is 2. The van der Waals surface area contributed by atoms with Crippen molar-refractivity contribution in [2.45, 2.75) is 18.9 Å². The number of anilines is 1. The number of primary amides is 1. The normalized spacial score (nSPS) is 17.0. The van der Waals surface area contributed by atoms with Crippen LogP contribution in [0.5, 0.6) is 11.8 Å². The molecule has 1 unspecified atom stereocenters. The van der Waals surface area contributed by atoms with Gasteiger partial charge in [0.2, 0.25) is 17.7 Å². The summed E-state index contributed by atoms with van der Waals surface area (Å²) < 4.78 is 11.0. The molecule has 8 nitrogen and oxygen atoms in total. The number of ether oxygens (including phenoxy) is 2. The van der Waals surface area contributed by atoms with E-state index in [-0.39, 0.29) is 5.91 Å². The SMILES string of the molecule is COc1ccc(NC(=O)C2(C)Cc3c(-c4cccc(C(N)=O)c4)ccnc3O2)cn1. The fourth-order valence-electron chi connectivity index (χ4n) is 3.39. The number of carbonyl (C=O) groups excluding carboxylic acids is 2. The van der Waals surface area contributed by atoms with Crippen LogP contribution in [0.1, 0.15) is 22.8 Å². The Morgan fingerprint density at radius 3 is 2.73 bits per heavy atom. The summed E-state index contributed by atoms with van der Waals surface area (Å²) in [7, 11) is 1.52. The maximum Gasteiger partial charge on any atom is 0.268 e. The number of methoxy groups -OCH3 is 1. The number of aromatic nitrogens is 2. The average molecular weight is 404 g/mol. The van der Waals surface area contributed by atoms with Crippen LogP contribution in [0, 0.1) is 0 Å². The lowest BCUT2D eigenvalue weighted by molar-refractivity contribution is -0.128. The highest BCUT2D eigenvalue weighted by Crippen LogP contribution is 2.40. The number of fused-ring (bicyclic) bond motifs is 1. The molecule has 0 aliphatic carbocycles. The van der Waals surface area contributed by atoms with E-state index in [1.54, 1.807) is 43.5 Å². The van der Waals surface area contributed by atoms with Gasteiger partial charge in [0.05, 0.1) is 19.0 Å². The number of hydrogen-bond acceptors (Lipinski definition) is 6. The van der Waals surface area contributed by atoms with Crippen molar-refractivity contribution in [1.29, 1.82) is 0 Å². The Balaban J connectivity index is 1.60. The number of benzene rings is 1. The predicted molar refractivity (Wildman–Crippen MR) is 110 cm³/mol. The minimum Gasteiger partial charge on any atom is -0.481 e. The summed E-state index contributed by atoms with van der Waals surface area (Å²) >= 11 is 0. The molecule has 0 radical (unpaired) electrons. The van der Waals surface area contributed by atoms with Crippen LogP contribution in [-0.2, 0) is 11.2 Å². The smallest absolute Gasteiger partial charge is 0.268 e. The zero-order chi connectivity index (χ0) is 21.3. The number of hydrogen-bond donors (Lipinski definition) is 2. The van der Waals surface area contributed by atoms with E-state index in [0.717, 1.165) is 16.7 Å². The van der Waals surface area contributed by atoms with Gasteiger partial charge in [-0.05, 0) is 42.3 Å². The second-order valence-electron chi connectivity index (χ2n) is 7.14. The molecule has 3 N–H and O–H groups in total. The summed E-state index contributed by atoms with van der Waals surface area (Å²) in [6.07, 6.45) is 3.45. The Hall–Kier alpha value is -3.94. The van der Waals surface area contributed by atoms with E-state index in [4.69, 9.17) is 15.2 Å². The largest absolute Gasteiger partial charge is 0.481 e. The highest BCUT2D eigenvalue weighted by Gasteiger charge is 2.44. The molecular weight excluding hydrogens is 384 g/mol. The molecule has 1 aliphatic rings. The lowest BCUT2D eigenvalue weighted by Crippen LogP contribution is -2.44. The van der Waals surface area contributed by atoms with Gasteiger partial charge in [-0.15, -0.1) is 0 Å². The molecule has 0 fully saturated rings. The number of nitrogens with two attached hydrogens (primary N) is 1. The molecular formula is C22H20N4O4. The number of rotatable bonds is 5. The van der Waals surface area contributed by atoms with Crippen LogP contribution < -0.4 is 20.5 Å². The second kappa shape index (κ2) is 7.47. The summed E-state index contributed by atoms with van der Waals surface area (Å²) in [5.74, 6) is 0.0265. The summed E-state index contributed by atoms with van der Waals surface area (Å²) in [6.45, 7) is 1.71. The zero-order valence-electron chi connectivity index (χ0n) is 16.5. The van der Waals surface area contributed by atoms with E-state index in [2.05, 4.69) is 15.3 Å². The third-order valence-electron chi connectivity index (χ3n) is 4.99. The van der Waals surface area contributed by atoms with E-state index in [1.165, 1.54) is 13.3 Å². The molecule has 30 heavy (non-hydrogen) atoms. The Bertz CT molecular complexity index is 1130. The van der Waals surface area contributed by atoms with Crippen molar-refractivity contribution < 1.29 is 19.1 Å². The first kappa shape index (κ1) is 19.4. The minimum absolute atomic E-state index is 0.315. The molecule has 1 aromatic carbocycles. The van der Waals surface area contributed by atoms with Crippen molar-refractivity contribution in [3.05, 3.63) is 66.0 Å². The lowest BCUT2D eigenvalue weighted by Gasteiger charge is -2.22. The number of pyridine rings is 2. The predicted octanol–water partition coefficient (Wildman–Crippen LogP) is 2.58. The quantitative estimate of drug-likeness (QED) is 0.675. The number of amides is 2. The van der Waals surface area contributed by atoms with Crippen LogP contribution in [0.2, 0.25) is 0 Å². The van der Waals surface area contributed by atoms with Crippen LogP contribution in [-0.4, -0.2) is 34.5 Å². The Labute approximate surface area is 173 Å². The van der Waals surface area contributed by atoms with Gasteiger partial charge in [0.1, 0.15) is 0 Å². The number of nitrogens with one attached hydrogen (secondary N) is 1. The van der Waals surface area contributed by atoms with E-state index in [1.807, 2.05) is 12.1 Å². The zero-order valence-corrected chi connectivity index (χ0v) is 16.5. The summed E-state index contributed by atoms with van der Waals surface area (Å²) in [4.78, 5) is 32.9. The van der Waals surface area contributed by atoms with E-state index in [9.17, 15) is 9.59 Å². The molecule has 8 heteroatoms. The van der Waals surface area contributed by atoms with Crippen molar-refractivity contribution >= 4 is 17.5 Å². The van der Waals surface area contributed by atoms with Crippen LogP contribution >= 0.6 is 0 Å². The van der Waals surface area contributed by atoms with Crippen LogP contribution in [0.15, 0.2) is 54.9 Å². The van der Waals surface area contributed by atoms with E-state index >= 15 is 0 Å². The Kier molecular flexibility index (Phi) is 4.83. The molecule has 0 spiro atoms. The van der Waals surface area contributed by atoms with Crippen molar-refractivity contribution in [3.8, 4) is 22.9 Å². The molecule has 1 aliphatic heterocycles. The van der Waals surface area contributed by atoms with Crippen LogP contribution in [0.3, 0.4) is 0 Å². The molecule has 0 saturated carbocycles. The third-order valence-corrected chi connectivity index (χ3v) is 4.99. The fourth-order valence-corrected chi connectivity index (χ4v) is 3.39. The monoisotopic (exact) mass is 404 g/mol. The van der Waals surface area contributed by atoms with Gasteiger partial charge in [0.25, 0.3) is 5.91 Å². The molecule has 3 aromatic rings. The van der Waals surface area contributed by atoms with Gasteiger partial charge in [0.15, 0.2) is 5.60 Å². The summed E-state index contributed by atoms with van der Waals surface area (Å²) in [5.41, 5.74) is 7.64. The Morgan fingerprint density at radius 2 is 2.03 bits per heavy atom. The van der Waals surface area contributed by atoms with Gasteiger partial charge in [-0.1, -0.05) is 12.1 Å². The molecule has 0 bridgehead atoms. The lowest BCUT2D eigenvalue weighted by atomic mass is 9.92. The third kappa shape index (κ3) is 3.55. The molecule has 3 heterocycles. The summed E-state index contributed by atoms with van der Waals surface area (Å²) in [5, 5.41) is 2.82. The first-order valence-electron chi connectivity index (χ1n) is 9.28. The first-order chi connectivity index (χ1) is 14.4. The van der Waals surface area contributed by atoms with Gasteiger partial charge >= 0.3 is 0 Å². The maximum absolute atomic E-state index is 13.0. The second-order valence-corrected chi connectivity index (χ2v) is 7.14. The van der Waals surface area contributed by atoms with Crippen LogP contribution in [0.25, 0.3) is 11.1 Å². The van der Waals surface area contributed by atoms with Crippen molar-refractivity contribution in [3.63, 3.8) is 0 Å². The van der Waals surface area contributed by atoms with Crippen molar-refractivity contribution in [2.75, 3.05) is 12.4 Å². The van der Waals surface area contributed by atoms with E-state index < -0.39 is 11.5 Å². The summed E-state index contributed by atoms with van der Waals surface area (Å²) in [6, 6.07) is 12.2. The molecule has 2 aromatic heterocycles. The molecule has 152 valence electrons. The van der Waals surface area contributed by atoms with Crippen molar-refractivity contribution in [1.82, 2.24) is 9.97 Å². The van der Waals surface area contributed by atoms with Gasteiger partial charge in [-0.3, -0.25) is 9.59 Å². The first-order valence-corrected chi connectivity index (χ1v) is 9.28. The van der Waals surface area contributed by atoms with E-state index in [0.29, 0.717) is 29.4 Å². The molecule has 0 saturated heterocycles. The molecule has 1 atom stereocenters. The molecule has 2 amide bonds. The fraction of sp³-hybridized carbons (Fsp3) is 0.182. The maximum atomic E-state index is 13.0. The van der Waals surface area contributed by atoms with Gasteiger partial charge in [0, 0.05) is 29.8 Å². The highest BCUT2D eigenvalue weighted by molar-refractivity contribution is 5.98.